The monoisotopic (exact) mass is 436 g/mol. The highest BCUT2D eigenvalue weighted by atomic mass is 19.1. The Hall–Kier alpha value is -3.39. The van der Waals surface area contributed by atoms with Crippen molar-refractivity contribution in [1.82, 2.24) is 14.9 Å². The van der Waals surface area contributed by atoms with Gasteiger partial charge in [-0.25, -0.2) is 14.4 Å². The van der Waals surface area contributed by atoms with Gasteiger partial charge >= 0.3 is 0 Å². The van der Waals surface area contributed by atoms with Gasteiger partial charge in [0.1, 0.15) is 36.9 Å². The highest BCUT2D eigenvalue weighted by molar-refractivity contribution is 5.48. The molecule has 2 aromatic carbocycles. The Kier molecular flexibility index (Phi) is 5.77. The van der Waals surface area contributed by atoms with Crippen molar-refractivity contribution >= 4 is 5.82 Å². The van der Waals surface area contributed by atoms with Crippen molar-refractivity contribution in [2.24, 2.45) is 0 Å². The molecule has 0 radical (unpaired) electrons. The van der Waals surface area contributed by atoms with Gasteiger partial charge in [-0.2, -0.15) is 0 Å². The van der Waals surface area contributed by atoms with E-state index in [-0.39, 0.29) is 11.9 Å². The Bertz CT molecular complexity index is 1070. The predicted octanol–water partition coefficient (Wildman–Crippen LogP) is 4.06. The Morgan fingerprint density at radius 1 is 0.906 bits per heavy atom. The van der Waals surface area contributed by atoms with E-state index in [1.807, 2.05) is 36.4 Å². The molecule has 1 atom stereocenters. The van der Waals surface area contributed by atoms with E-state index in [4.69, 9.17) is 14.2 Å². The van der Waals surface area contributed by atoms with Crippen molar-refractivity contribution in [3.05, 3.63) is 66.2 Å². The van der Waals surface area contributed by atoms with Crippen LogP contribution < -0.4 is 19.1 Å². The topological polar surface area (TPSA) is 60.0 Å². The fraction of sp³-hybridized carbons (Fsp3) is 0.333. The zero-order valence-corrected chi connectivity index (χ0v) is 17.9. The van der Waals surface area contributed by atoms with E-state index in [2.05, 4.69) is 26.7 Å². The molecular weight excluding hydrogens is 411 g/mol. The van der Waals surface area contributed by atoms with Crippen molar-refractivity contribution in [3.8, 4) is 23.1 Å². The summed E-state index contributed by atoms with van der Waals surface area (Å²) in [6, 6.07) is 14.3. The first-order valence-electron chi connectivity index (χ1n) is 10.8. The van der Waals surface area contributed by atoms with Gasteiger partial charge in [-0.05, 0) is 36.8 Å². The van der Waals surface area contributed by atoms with Crippen LogP contribution in [0.5, 0.6) is 23.1 Å². The zero-order chi connectivity index (χ0) is 21.9. The molecule has 0 bridgehead atoms. The van der Waals surface area contributed by atoms with Gasteiger partial charge in [0.2, 0.25) is 5.88 Å². The minimum Gasteiger partial charge on any atom is -0.486 e. The molecule has 2 aliphatic heterocycles. The van der Waals surface area contributed by atoms with E-state index < -0.39 is 0 Å². The summed E-state index contributed by atoms with van der Waals surface area (Å²) in [5, 5.41) is 0. The lowest BCUT2D eigenvalue weighted by molar-refractivity contribution is 0.171. The molecular formula is C24H25FN4O3. The van der Waals surface area contributed by atoms with Crippen LogP contribution in [0.3, 0.4) is 0 Å². The van der Waals surface area contributed by atoms with Gasteiger partial charge in [0.15, 0.2) is 11.5 Å². The molecule has 0 amide bonds. The van der Waals surface area contributed by atoms with Crippen molar-refractivity contribution in [2.45, 2.75) is 13.0 Å². The summed E-state index contributed by atoms with van der Waals surface area (Å²) in [6.45, 7) is 6.70. The predicted molar refractivity (Wildman–Crippen MR) is 118 cm³/mol. The summed E-state index contributed by atoms with van der Waals surface area (Å²) in [5.41, 5.74) is 1.12. The molecule has 3 aromatic rings. The third kappa shape index (κ3) is 4.45. The van der Waals surface area contributed by atoms with E-state index in [1.54, 1.807) is 0 Å². The first-order valence-corrected chi connectivity index (χ1v) is 10.8. The van der Waals surface area contributed by atoms with Gasteiger partial charge in [0.25, 0.3) is 0 Å². The molecule has 0 spiro atoms. The first-order chi connectivity index (χ1) is 15.7. The van der Waals surface area contributed by atoms with Crippen LogP contribution in [0.15, 0.2) is 54.9 Å². The second-order valence-corrected chi connectivity index (χ2v) is 7.87. The molecule has 5 rings (SSSR count). The van der Waals surface area contributed by atoms with E-state index in [9.17, 15) is 4.39 Å². The summed E-state index contributed by atoms with van der Waals surface area (Å²) >= 11 is 0. The third-order valence-corrected chi connectivity index (χ3v) is 5.90. The Labute approximate surface area is 186 Å². The minimum absolute atomic E-state index is 0.205. The number of ether oxygens (including phenoxy) is 3. The lowest BCUT2D eigenvalue weighted by atomic mass is 10.1. The standard InChI is InChI=1S/C24H25FN4O3/c1-17(18-2-4-19(25)5-3-18)28-8-10-29(11-9-28)23-15-24(27-16-26-23)32-20-6-7-21-22(14-20)31-13-12-30-21/h2-7,14-17H,8-13H2,1H3. The third-order valence-electron chi connectivity index (χ3n) is 5.90. The van der Waals surface area contributed by atoms with Crippen LogP contribution in [0.25, 0.3) is 0 Å². The summed E-state index contributed by atoms with van der Waals surface area (Å²) in [7, 11) is 0. The van der Waals surface area contributed by atoms with Crippen molar-refractivity contribution < 1.29 is 18.6 Å². The lowest BCUT2D eigenvalue weighted by Gasteiger charge is -2.38. The number of halogens is 1. The maximum absolute atomic E-state index is 13.2. The zero-order valence-electron chi connectivity index (χ0n) is 17.9. The molecule has 2 aliphatic rings. The van der Waals surface area contributed by atoms with E-state index in [1.165, 1.54) is 18.5 Å². The van der Waals surface area contributed by atoms with Crippen LogP contribution >= 0.6 is 0 Å². The van der Waals surface area contributed by atoms with Gasteiger partial charge in [-0.3, -0.25) is 4.90 Å². The van der Waals surface area contributed by atoms with E-state index in [0.717, 1.165) is 43.3 Å². The van der Waals surface area contributed by atoms with Crippen LogP contribution in [0, 0.1) is 5.82 Å². The number of anilines is 1. The van der Waals surface area contributed by atoms with Crippen molar-refractivity contribution in [1.29, 1.82) is 0 Å². The lowest BCUT2D eigenvalue weighted by Crippen LogP contribution is -2.47. The SMILES string of the molecule is CC(c1ccc(F)cc1)N1CCN(c2cc(Oc3ccc4c(c3)OCCO4)ncn2)CC1. The molecule has 1 fully saturated rings. The molecule has 166 valence electrons. The van der Waals surface area contributed by atoms with Crippen LogP contribution in [-0.4, -0.2) is 54.3 Å². The van der Waals surface area contributed by atoms with E-state index >= 15 is 0 Å². The number of piperazine rings is 1. The fourth-order valence-electron chi connectivity index (χ4n) is 4.06. The van der Waals surface area contributed by atoms with Gasteiger partial charge in [-0.1, -0.05) is 12.1 Å². The number of rotatable bonds is 5. The molecule has 0 aliphatic carbocycles. The second-order valence-electron chi connectivity index (χ2n) is 7.87. The molecule has 1 unspecified atom stereocenters. The maximum Gasteiger partial charge on any atom is 0.224 e. The molecule has 7 nitrogen and oxygen atoms in total. The number of nitrogens with zero attached hydrogens (tertiary/aromatic N) is 4. The number of hydrogen-bond donors (Lipinski definition) is 0. The van der Waals surface area contributed by atoms with Gasteiger partial charge in [-0.15, -0.1) is 0 Å². The average Bonchev–Trinajstić information content (AvgIpc) is 2.84. The molecule has 3 heterocycles. The summed E-state index contributed by atoms with van der Waals surface area (Å²) in [6.07, 6.45) is 1.52. The first kappa shape index (κ1) is 20.5. The number of fused-ring (bicyclic) bond motifs is 1. The largest absolute Gasteiger partial charge is 0.486 e. The molecule has 0 saturated carbocycles. The van der Waals surface area contributed by atoms with Crippen LogP contribution in [0.4, 0.5) is 10.2 Å². The Balaban J connectivity index is 1.22. The van der Waals surface area contributed by atoms with Crippen LogP contribution in [0.1, 0.15) is 18.5 Å². The molecule has 1 saturated heterocycles. The van der Waals surface area contributed by atoms with Crippen LogP contribution in [0.2, 0.25) is 0 Å². The van der Waals surface area contributed by atoms with E-state index in [0.29, 0.717) is 30.6 Å². The molecule has 8 heteroatoms. The van der Waals surface area contributed by atoms with Gasteiger partial charge < -0.3 is 19.1 Å². The molecule has 1 aromatic heterocycles. The summed E-state index contributed by atoms with van der Waals surface area (Å²) in [5.74, 6) is 3.14. The van der Waals surface area contributed by atoms with Gasteiger partial charge in [0.05, 0.1) is 0 Å². The Morgan fingerprint density at radius 2 is 1.66 bits per heavy atom. The average molecular weight is 436 g/mol. The van der Waals surface area contributed by atoms with Crippen molar-refractivity contribution in [3.63, 3.8) is 0 Å². The highest BCUT2D eigenvalue weighted by Gasteiger charge is 2.23. The quantitative estimate of drug-likeness (QED) is 0.598. The Morgan fingerprint density at radius 3 is 2.44 bits per heavy atom. The second kappa shape index (κ2) is 9.00. The van der Waals surface area contributed by atoms with Gasteiger partial charge in [0, 0.05) is 44.4 Å². The smallest absolute Gasteiger partial charge is 0.224 e. The minimum atomic E-state index is -0.205. The number of hydrogen-bond acceptors (Lipinski definition) is 7. The normalized spacial score (nSPS) is 17.1. The number of aromatic nitrogens is 2. The number of benzene rings is 2. The van der Waals surface area contributed by atoms with Crippen LogP contribution in [-0.2, 0) is 0 Å². The fourth-order valence-corrected chi connectivity index (χ4v) is 4.06. The highest BCUT2D eigenvalue weighted by Crippen LogP contribution is 2.35. The summed E-state index contributed by atoms with van der Waals surface area (Å²) in [4.78, 5) is 13.3. The maximum atomic E-state index is 13.2. The van der Waals surface area contributed by atoms with Crippen molar-refractivity contribution in [2.75, 3.05) is 44.3 Å². The summed E-state index contributed by atoms with van der Waals surface area (Å²) < 4.78 is 30.3. The molecule has 32 heavy (non-hydrogen) atoms. The molecule has 0 N–H and O–H groups in total.